The summed E-state index contributed by atoms with van der Waals surface area (Å²) < 4.78 is 3.06. The van der Waals surface area contributed by atoms with E-state index in [4.69, 9.17) is 0 Å². The molecule has 1 unspecified atom stereocenters. The molecule has 0 fully saturated rings. The molecule has 5 heteroatoms. The minimum absolute atomic E-state index is 0.272. The molecule has 1 N–H and O–H groups in total. The molecule has 1 atom stereocenters. The average molecular weight is 337 g/mol. The fraction of sp³-hybridized carbons (Fsp3) is 0.467. The standard InChI is InChI=1S/C15H21BrN4/c1-5-18-13(12-6-7-17-9-10(12)2)8-14-15(16)11(3)19-20(14)4/h6-7,9,13,18H,5,8H2,1-4H3. The second-order valence-electron chi connectivity index (χ2n) is 5.02. The van der Waals surface area contributed by atoms with Crippen molar-refractivity contribution in [1.29, 1.82) is 0 Å². The van der Waals surface area contributed by atoms with Gasteiger partial charge in [0.05, 0.1) is 15.9 Å². The van der Waals surface area contributed by atoms with Gasteiger partial charge < -0.3 is 5.32 Å². The average Bonchev–Trinajstić information content (AvgIpc) is 2.65. The Kier molecular flexibility index (Phi) is 4.94. The first-order chi connectivity index (χ1) is 9.54. The summed E-state index contributed by atoms with van der Waals surface area (Å²) in [4.78, 5) is 4.18. The highest BCUT2D eigenvalue weighted by molar-refractivity contribution is 9.10. The van der Waals surface area contributed by atoms with Gasteiger partial charge in [0.2, 0.25) is 0 Å². The van der Waals surface area contributed by atoms with E-state index in [0.29, 0.717) is 0 Å². The molecule has 0 saturated heterocycles. The van der Waals surface area contributed by atoms with Gasteiger partial charge in [-0.15, -0.1) is 0 Å². The number of hydrogen-bond acceptors (Lipinski definition) is 3. The van der Waals surface area contributed by atoms with E-state index in [1.165, 1.54) is 16.8 Å². The predicted octanol–water partition coefficient (Wildman–Crippen LogP) is 3.09. The molecule has 0 saturated carbocycles. The van der Waals surface area contributed by atoms with Gasteiger partial charge in [0.15, 0.2) is 0 Å². The number of rotatable bonds is 5. The van der Waals surface area contributed by atoms with Crippen LogP contribution in [0.25, 0.3) is 0 Å². The van der Waals surface area contributed by atoms with E-state index in [1.807, 2.05) is 31.0 Å². The summed E-state index contributed by atoms with van der Waals surface area (Å²) in [5, 5.41) is 8.03. The van der Waals surface area contributed by atoms with E-state index >= 15 is 0 Å². The number of nitrogens with one attached hydrogen (secondary N) is 1. The van der Waals surface area contributed by atoms with Crippen LogP contribution in [0.4, 0.5) is 0 Å². The molecule has 4 nitrogen and oxygen atoms in total. The molecule has 20 heavy (non-hydrogen) atoms. The number of hydrogen-bond donors (Lipinski definition) is 1. The van der Waals surface area contributed by atoms with Gasteiger partial charge in [0, 0.05) is 31.9 Å². The predicted molar refractivity (Wildman–Crippen MR) is 84.7 cm³/mol. The monoisotopic (exact) mass is 336 g/mol. The quantitative estimate of drug-likeness (QED) is 0.912. The topological polar surface area (TPSA) is 42.7 Å². The molecular formula is C15H21BrN4. The molecule has 0 aliphatic heterocycles. The summed E-state index contributed by atoms with van der Waals surface area (Å²) in [5.41, 5.74) is 4.76. The largest absolute Gasteiger partial charge is 0.310 e. The Balaban J connectivity index is 2.33. The first kappa shape index (κ1) is 15.2. The van der Waals surface area contributed by atoms with Crippen molar-refractivity contribution in [3.05, 3.63) is 45.4 Å². The normalized spacial score (nSPS) is 12.7. The van der Waals surface area contributed by atoms with Crippen LogP contribution in [0.15, 0.2) is 22.9 Å². The van der Waals surface area contributed by atoms with Gasteiger partial charge in [-0.3, -0.25) is 9.67 Å². The van der Waals surface area contributed by atoms with Gasteiger partial charge in [-0.25, -0.2) is 0 Å². The SMILES string of the molecule is CCNC(Cc1c(Br)c(C)nn1C)c1ccncc1C. The number of nitrogens with zero attached hydrogens (tertiary/aromatic N) is 3. The van der Waals surface area contributed by atoms with Gasteiger partial charge >= 0.3 is 0 Å². The zero-order valence-electron chi connectivity index (χ0n) is 12.4. The molecule has 2 aromatic rings. The minimum Gasteiger partial charge on any atom is -0.310 e. The first-order valence-corrected chi connectivity index (χ1v) is 7.65. The van der Waals surface area contributed by atoms with Crippen LogP contribution >= 0.6 is 15.9 Å². The van der Waals surface area contributed by atoms with Crippen LogP contribution in [0.2, 0.25) is 0 Å². The summed E-state index contributed by atoms with van der Waals surface area (Å²) in [6.07, 6.45) is 4.68. The maximum absolute atomic E-state index is 4.47. The molecule has 2 heterocycles. The van der Waals surface area contributed by atoms with Gasteiger partial charge in [-0.05, 0) is 53.5 Å². The Morgan fingerprint density at radius 1 is 1.40 bits per heavy atom. The van der Waals surface area contributed by atoms with E-state index < -0.39 is 0 Å². The summed E-state index contributed by atoms with van der Waals surface area (Å²) in [6.45, 7) is 7.19. The third-order valence-electron chi connectivity index (χ3n) is 3.55. The van der Waals surface area contributed by atoms with Crippen LogP contribution in [0.3, 0.4) is 0 Å². The van der Waals surface area contributed by atoms with E-state index in [1.54, 1.807) is 0 Å². The highest BCUT2D eigenvalue weighted by Gasteiger charge is 2.18. The maximum atomic E-state index is 4.47. The molecule has 0 spiro atoms. The fourth-order valence-electron chi connectivity index (χ4n) is 2.51. The highest BCUT2D eigenvalue weighted by Crippen LogP contribution is 2.27. The zero-order chi connectivity index (χ0) is 14.7. The van der Waals surface area contributed by atoms with E-state index in [-0.39, 0.29) is 6.04 Å². The molecule has 0 amide bonds. The minimum atomic E-state index is 0.272. The molecule has 0 aliphatic carbocycles. The Morgan fingerprint density at radius 2 is 2.15 bits per heavy atom. The Hall–Kier alpha value is -1.20. The lowest BCUT2D eigenvalue weighted by atomic mass is 9.99. The van der Waals surface area contributed by atoms with Crippen molar-refractivity contribution in [2.75, 3.05) is 6.54 Å². The van der Waals surface area contributed by atoms with Crippen molar-refractivity contribution in [3.63, 3.8) is 0 Å². The van der Waals surface area contributed by atoms with Gasteiger partial charge in [-0.2, -0.15) is 5.10 Å². The van der Waals surface area contributed by atoms with Crippen LogP contribution in [-0.2, 0) is 13.5 Å². The van der Waals surface area contributed by atoms with Crippen LogP contribution in [0.5, 0.6) is 0 Å². The van der Waals surface area contributed by atoms with Crippen LogP contribution < -0.4 is 5.32 Å². The van der Waals surface area contributed by atoms with Crippen molar-refractivity contribution >= 4 is 15.9 Å². The second kappa shape index (κ2) is 6.50. The third-order valence-corrected chi connectivity index (χ3v) is 4.58. The molecule has 0 radical (unpaired) electrons. The van der Waals surface area contributed by atoms with E-state index in [2.05, 4.69) is 51.2 Å². The number of likely N-dealkylation sites (N-methyl/N-ethyl adjacent to an activating group) is 1. The van der Waals surface area contributed by atoms with Crippen molar-refractivity contribution in [1.82, 2.24) is 20.1 Å². The number of aromatic nitrogens is 3. The van der Waals surface area contributed by atoms with Crippen molar-refractivity contribution in [2.24, 2.45) is 7.05 Å². The van der Waals surface area contributed by atoms with Gasteiger partial charge in [0.1, 0.15) is 0 Å². The van der Waals surface area contributed by atoms with Crippen molar-refractivity contribution < 1.29 is 0 Å². The lowest BCUT2D eigenvalue weighted by molar-refractivity contribution is 0.525. The van der Waals surface area contributed by atoms with Crippen molar-refractivity contribution in [3.8, 4) is 0 Å². The lowest BCUT2D eigenvalue weighted by Crippen LogP contribution is -2.24. The van der Waals surface area contributed by atoms with Crippen LogP contribution in [0.1, 0.15) is 35.5 Å². The molecule has 0 aliphatic rings. The Bertz CT molecular complexity index is 592. The summed E-state index contributed by atoms with van der Waals surface area (Å²) in [7, 11) is 2.00. The molecule has 0 aromatic carbocycles. The highest BCUT2D eigenvalue weighted by atomic mass is 79.9. The van der Waals surface area contributed by atoms with E-state index in [9.17, 15) is 0 Å². The molecule has 108 valence electrons. The molecule has 2 aromatic heterocycles. The zero-order valence-corrected chi connectivity index (χ0v) is 14.0. The molecule has 0 bridgehead atoms. The smallest absolute Gasteiger partial charge is 0.0738 e. The number of pyridine rings is 1. The van der Waals surface area contributed by atoms with Crippen LogP contribution in [0, 0.1) is 13.8 Å². The first-order valence-electron chi connectivity index (χ1n) is 6.86. The number of halogens is 1. The summed E-state index contributed by atoms with van der Waals surface area (Å²) >= 11 is 3.65. The lowest BCUT2D eigenvalue weighted by Gasteiger charge is -2.20. The number of aryl methyl sites for hydroxylation is 3. The van der Waals surface area contributed by atoms with Crippen LogP contribution in [-0.4, -0.2) is 21.3 Å². The van der Waals surface area contributed by atoms with Crippen molar-refractivity contribution in [2.45, 2.75) is 33.2 Å². The Labute approximate surface area is 128 Å². The molecular weight excluding hydrogens is 316 g/mol. The molecule has 2 rings (SSSR count). The van der Waals surface area contributed by atoms with Gasteiger partial charge in [0.25, 0.3) is 0 Å². The maximum Gasteiger partial charge on any atom is 0.0738 e. The third kappa shape index (κ3) is 3.10. The fourth-order valence-corrected chi connectivity index (χ4v) is 3.01. The van der Waals surface area contributed by atoms with Gasteiger partial charge in [-0.1, -0.05) is 6.92 Å². The Morgan fingerprint density at radius 3 is 2.70 bits per heavy atom. The second-order valence-corrected chi connectivity index (χ2v) is 5.81. The summed E-state index contributed by atoms with van der Waals surface area (Å²) in [5.74, 6) is 0. The summed E-state index contributed by atoms with van der Waals surface area (Å²) in [6, 6.07) is 2.37. The van der Waals surface area contributed by atoms with E-state index in [0.717, 1.165) is 23.1 Å².